The summed E-state index contributed by atoms with van der Waals surface area (Å²) in [5.74, 6) is -12.3. The minimum absolute atomic E-state index is 0.0864. The Morgan fingerprint density at radius 2 is 0.780 bits per heavy atom. The minimum atomic E-state index is -5.08. The van der Waals surface area contributed by atoms with Crippen molar-refractivity contribution < 1.29 is 129 Å². The van der Waals surface area contributed by atoms with Gasteiger partial charge in [-0.3, -0.25) is 67.3 Å². The molecule has 0 spiro atoms. The number of carbonyl (C=O) groups is 19. The lowest BCUT2D eigenvalue weighted by Gasteiger charge is -2.39. The molecular formula is C86H111F3N10O24. The lowest BCUT2D eigenvalue weighted by molar-refractivity contribution is -0.192. The van der Waals surface area contributed by atoms with Gasteiger partial charge in [-0.25, -0.2) is 33.6 Å². The van der Waals surface area contributed by atoms with E-state index in [0.717, 1.165) is 12.2 Å². The quantitative estimate of drug-likeness (QED) is 0.00966. The van der Waals surface area contributed by atoms with Crippen LogP contribution in [0.2, 0.25) is 0 Å². The number of ether oxygens (including phenoxy) is 2. The van der Waals surface area contributed by atoms with Crippen LogP contribution in [0.5, 0.6) is 0 Å². The van der Waals surface area contributed by atoms with Crippen LogP contribution in [-0.4, -0.2) is 194 Å². The number of alkyl halides is 3. The molecule has 12 amide bonds. The van der Waals surface area contributed by atoms with Crippen LogP contribution in [0.25, 0.3) is 24.3 Å². The van der Waals surface area contributed by atoms with Crippen LogP contribution in [-0.2, 0) is 91.0 Å². The number of carbonyl (C=O) groups excluding carboxylic acids is 16. The zero-order valence-electron chi connectivity index (χ0n) is 69.9. The molecule has 13 N–H and O–H groups in total. The van der Waals surface area contributed by atoms with Crippen LogP contribution >= 0.6 is 0 Å². The van der Waals surface area contributed by atoms with Gasteiger partial charge in [0.1, 0.15) is 34.3 Å². The Balaban J connectivity index is 0.000000482. The summed E-state index contributed by atoms with van der Waals surface area (Å²) in [6, 6.07) is 8.02. The van der Waals surface area contributed by atoms with E-state index in [9.17, 15) is 99.5 Å². The zero-order chi connectivity index (χ0) is 91.8. The first-order chi connectivity index (χ1) is 57.7. The predicted molar refractivity (Wildman–Crippen MR) is 443 cm³/mol. The first-order valence-corrected chi connectivity index (χ1v) is 40.4. The van der Waals surface area contributed by atoms with Crippen LogP contribution in [0.15, 0.2) is 85.0 Å². The van der Waals surface area contributed by atoms with Crippen LogP contribution in [0.1, 0.15) is 218 Å². The summed E-state index contributed by atoms with van der Waals surface area (Å²) in [6.07, 6.45) is 18.5. The van der Waals surface area contributed by atoms with Crippen LogP contribution < -0.4 is 43.4 Å². The number of Topliss-reactive ketones (excluding diaryl/α,β-unsaturated/α-hetero) is 4. The topological polar surface area (TPSA) is 534 Å². The van der Waals surface area contributed by atoms with Gasteiger partial charge >= 0.3 is 48.1 Å². The number of esters is 2. The number of amides is 12. The third kappa shape index (κ3) is 37.5. The number of carboxylic acid groups (broad SMARTS) is 3. The summed E-state index contributed by atoms with van der Waals surface area (Å²) in [5.41, 5.74) is 8.95. The number of aliphatic carboxylic acids is 3. The number of imide groups is 2. The number of rotatable bonds is 48. The number of urea groups is 2. The molecule has 2 aromatic carbocycles. The molecule has 4 aliphatic rings. The van der Waals surface area contributed by atoms with E-state index in [4.69, 9.17) is 41.1 Å². The van der Waals surface area contributed by atoms with E-state index in [1.165, 1.54) is 82.7 Å². The zero-order valence-corrected chi connectivity index (χ0v) is 69.9. The molecule has 0 saturated heterocycles. The summed E-state index contributed by atoms with van der Waals surface area (Å²) in [6.45, 7) is 11.2. The van der Waals surface area contributed by atoms with Gasteiger partial charge in [-0.05, 0) is 177 Å². The maximum atomic E-state index is 13.8. The van der Waals surface area contributed by atoms with Crippen LogP contribution in [0, 0.1) is 22.7 Å². The van der Waals surface area contributed by atoms with Crippen LogP contribution in [0.3, 0.4) is 0 Å². The molecule has 6 rings (SSSR count). The maximum Gasteiger partial charge on any atom is 0.490 e. The molecule has 2 atom stereocenters. The molecule has 2 aliphatic heterocycles. The van der Waals surface area contributed by atoms with Gasteiger partial charge in [0, 0.05) is 150 Å². The predicted octanol–water partition coefficient (Wildman–Crippen LogP) is 9.08. The largest absolute Gasteiger partial charge is 0.490 e. The monoisotopic (exact) mass is 1720 g/mol. The normalized spacial score (nSPS) is 15.0. The van der Waals surface area contributed by atoms with Gasteiger partial charge in [0.15, 0.2) is 0 Å². The third-order valence-corrected chi connectivity index (χ3v) is 19.8. The second-order valence-electron chi connectivity index (χ2n) is 31.6. The molecule has 0 bridgehead atoms. The first-order valence-electron chi connectivity index (χ1n) is 40.4. The fraction of sp³-hybridized carbons (Fsp3) is 0.500. The molecular weight excluding hydrogens is 1610 g/mol. The molecule has 34 nitrogen and oxygen atoms in total. The fourth-order valence-corrected chi connectivity index (χ4v) is 13.2. The lowest BCUT2D eigenvalue weighted by Crippen LogP contribution is -2.47. The number of ketones is 4. The van der Waals surface area contributed by atoms with Crippen molar-refractivity contribution in [2.24, 2.45) is 34.1 Å². The van der Waals surface area contributed by atoms with Crippen molar-refractivity contribution in [2.45, 2.75) is 213 Å². The molecule has 2 aromatic rings. The maximum absolute atomic E-state index is 13.8. The van der Waals surface area contributed by atoms with Gasteiger partial charge in [0.05, 0.1) is 10.8 Å². The molecule has 0 unspecified atom stereocenters. The molecule has 2 aliphatic carbocycles. The van der Waals surface area contributed by atoms with E-state index in [2.05, 4.69) is 31.9 Å². The first kappa shape index (κ1) is 103. The van der Waals surface area contributed by atoms with Crippen molar-refractivity contribution >= 4 is 148 Å². The number of nitrogens with zero attached hydrogens (tertiary/aromatic N) is 2. The van der Waals surface area contributed by atoms with Gasteiger partial charge in [0.2, 0.25) is 23.6 Å². The minimum Gasteiger partial charge on any atom is -0.478 e. The Bertz CT molecular complexity index is 4370. The van der Waals surface area contributed by atoms with Crippen molar-refractivity contribution in [1.82, 2.24) is 31.1 Å². The summed E-state index contributed by atoms with van der Waals surface area (Å²) in [4.78, 5) is 235. The van der Waals surface area contributed by atoms with Crippen molar-refractivity contribution in [3.05, 3.63) is 107 Å². The number of carboxylic acids is 3. The second-order valence-corrected chi connectivity index (χ2v) is 31.6. The second kappa shape index (κ2) is 50.0. The highest BCUT2D eigenvalue weighted by Gasteiger charge is 2.51. The number of nitrogens with two attached hydrogens (primary N) is 2. The lowest BCUT2D eigenvalue weighted by atomic mass is 9.61. The number of nitrogens with one attached hydrogen (secondary N) is 6. The smallest absolute Gasteiger partial charge is 0.478 e. The van der Waals surface area contributed by atoms with E-state index in [0.29, 0.717) is 144 Å². The standard InChI is InChI=1S/C46H63N5O11.C38H47N5O11.C2HF3O2/c1-44(2,3)61-40(57)21-16-31-15-17-32(18-22-41(58)62-45(4,5)6)34(29-31)50-37(54)23-27-48-42(59)33(13-11-26-49-43(47)60)30-36(53)46(24-12-25-46)35(52)14-9-7-8-10-28-51-38(55)19-20-39(51)56;39-37(54)41-20-5-7-27(24-30(45)38(18-6-19-38)29(44)8-3-1-2-4-22-43-32(47)13-14-33(43)48)36(53)40-21-17-31(46)42-28-23-25(10-15-34(49)50)9-11-26(28)12-16-35(51)52;3-2(4,5)1(6)7/h15-22,29,33H,7-14,23-28,30H2,1-6H3,(H,48,59)(H,50,54)(H3,47,49,60);9-16,23,27H,1-8,17-22,24H2,(H,40,53)(H,42,46)(H,49,50)(H,51,52)(H3,39,41,54);(H,6,7)/b21-16+,22-18+;15-10+,16-12+;/t33-;27-;/m11./s1. The number of anilines is 2. The van der Waals surface area contributed by atoms with E-state index in [1.807, 2.05) is 0 Å². The Kier molecular flexibility index (Phi) is 41.7. The number of unbranched alkanes of at least 4 members (excludes halogenated alkanes) is 6. The van der Waals surface area contributed by atoms with Gasteiger partial charge in [-0.15, -0.1) is 0 Å². The highest BCUT2D eigenvalue weighted by Crippen LogP contribution is 2.47. The van der Waals surface area contributed by atoms with E-state index in [1.54, 1.807) is 65.8 Å². The van der Waals surface area contributed by atoms with Gasteiger partial charge in [-0.1, -0.05) is 62.8 Å². The third-order valence-electron chi connectivity index (χ3n) is 19.8. The van der Waals surface area contributed by atoms with Crippen molar-refractivity contribution in [1.29, 1.82) is 0 Å². The molecule has 2 fully saturated rings. The van der Waals surface area contributed by atoms with Gasteiger partial charge in [-0.2, -0.15) is 13.2 Å². The van der Waals surface area contributed by atoms with Crippen LogP contribution in [0.4, 0.5) is 34.1 Å². The van der Waals surface area contributed by atoms with Crippen molar-refractivity contribution in [2.75, 3.05) is 49.9 Å². The highest BCUT2D eigenvalue weighted by atomic mass is 19.4. The number of hydrogen-bond donors (Lipinski definition) is 11. The van der Waals surface area contributed by atoms with Gasteiger partial charge < -0.3 is 68.2 Å². The number of halogens is 3. The number of primary amides is 2. The van der Waals surface area contributed by atoms with Crippen molar-refractivity contribution in [3.63, 3.8) is 0 Å². The number of benzene rings is 2. The Hall–Kier alpha value is -12.6. The SMILES string of the molecule is CC(C)(C)OC(=O)/C=C/c1ccc(/C=C/C(=O)OC(C)(C)C)c(NC(=O)CCNC(=O)[C@H](CCCNC(N)=O)CC(=O)C2(C(=O)CCCCCCN3C(=O)C=CC3=O)CCC2)c1.NC(=O)NCCC[C@H](CC(=O)C1(C(=O)CCCCCCN2C(=O)C=CC2=O)CCC1)C(=O)NCCC(=O)Nc1cc(/C=C/C(=O)O)ccc1/C=C/C(=O)O.O=C(O)C(F)(F)F. The molecule has 37 heteroatoms. The van der Waals surface area contributed by atoms with E-state index >= 15 is 0 Å². The Morgan fingerprint density at radius 1 is 0.447 bits per heavy atom. The molecule has 123 heavy (non-hydrogen) atoms. The molecule has 2 heterocycles. The summed E-state index contributed by atoms with van der Waals surface area (Å²) in [7, 11) is 0. The molecule has 2 saturated carbocycles. The molecule has 0 aromatic heterocycles. The summed E-state index contributed by atoms with van der Waals surface area (Å²) >= 11 is 0. The van der Waals surface area contributed by atoms with Crippen molar-refractivity contribution in [3.8, 4) is 0 Å². The average Bonchev–Trinajstić information content (AvgIpc) is 0.992. The van der Waals surface area contributed by atoms with E-state index in [-0.39, 0.29) is 130 Å². The Morgan fingerprint density at radius 3 is 1.11 bits per heavy atom. The average molecular weight is 1730 g/mol. The Labute approximate surface area is 709 Å². The fourth-order valence-electron chi connectivity index (χ4n) is 13.2. The van der Waals surface area contributed by atoms with E-state index < -0.39 is 106 Å². The summed E-state index contributed by atoms with van der Waals surface area (Å²) < 4.78 is 42.4. The highest BCUT2D eigenvalue weighted by molar-refractivity contribution is 6.14. The molecule has 0 radical (unpaired) electrons. The number of hydrogen-bond acceptors (Lipinski definition) is 21. The van der Waals surface area contributed by atoms with Gasteiger partial charge in [0.25, 0.3) is 23.6 Å². The summed E-state index contributed by atoms with van der Waals surface area (Å²) in [5, 5.41) is 40.9. The molecule has 670 valence electrons.